The van der Waals surface area contributed by atoms with Crippen LogP contribution in [-0.4, -0.2) is 14.2 Å². The average molecular weight is 225 g/mol. The van der Waals surface area contributed by atoms with Crippen LogP contribution < -0.4 is 4.72 Å². The Morgan fingerprint density at radius 3 is 2.47 bits per heavy atom. The van der Waals surface area contributed by atoms with E-state index in [1.807, 2.05) is 30.3 Å². The smallest absolute Gasteiger partial charge is 0.212 e. The van der Waals surface area contributed by atoms with Crippen molar-refractivity contribution >= 4 is 10.0 Å². The lowest BCUT2D eigenvalue weighted by molar-refractivity contribution is 0.583. The van der Waals surface area contributed by atoms with Crippen LogP contribution in [0.3, 0.4) is 0 Å². The third-order valence-corrected chi connectivity index (χ3v) is 3.23. The zero-order chi connectivity index (χ0) is 11.3. The number of sulfonamides is 1. The molecular formula is C11H15NO2S. The first-order chi connectivity index (χ1) is 6.99. The summed E-state index contributed by atoms with van der Waals surface area (Å²) in [5, 5.41) is 0. The van der Waals surface area contributed by atoms with Gasteiger partial charge in [-0.2, -0.15) is 0 Å². The Hall–Kier alpha value is -1.13. The van der Waals surface area contributed by atoms with Crippen LogP contribution in [0.5, 0.6) is 0 Å². The molecule has 0 atom stereocenters. The van der Waals surface area contributed by atoms with E-state index in [4.69, 9.17) is 0 Å². The van der Waals surface area contributed by atoms with Crippen LogP contribution in [0.25, 0.3) is 0 Å². The van der Waals surface area contributed by atoms with Crippen molar-refractivity contribution in [2.45, 2.75) is 13.5 Å². The SMILES string of the molecule is C=C(C)CS(=O)(=O)NCc1ccccc1. The molecule has 1 aromatic rings. The summed E-state index contributed by atoms with van der Waals surface area (Å²) in [6.07, 6.45) is 0. The van der Waals surface area contributed by atoms with Gasteiger partial charge in [-0.1, -0.05) is 42.5 Å². The van der Waals surface area contributed by atoms with Crippen LogP contribution in [0, 0.1) is 0 Å². The first-order valence-corrected chi connectivity index (χ1v) is 6.30. The quantitative estimate of drug-likeness (QED) is 0.775. The third-order valence-electron chi connectivity index (χ3n) is 1.78. The molecule has 0 unspecified atom stereocenters. The van der Waals surface area contributed by atoms with Crippen LogP contribution in [0.15, 0.2) is 42.5 Å². The Morgan fingerprint density at radius 1 is 1.33 bits per heavy atom. The van der Waals surface area contributed by atoms with Crippen molar-refractivity contribution in [3.05, 3.63) is 48.0 Å². The van der Waals surface area contributed by atoms with Gasteiger partial charge < -0.3 is 0 Å². The zero-order valence-corrected chi connectivity index (χ0v) is 9.55. The monoisotopic (exact) mass is 225 g/mol. The second-order valence-corrected chi connectivity index (χ2v) is 5.33. The van der Waals surface area contributed by atoms with Gasteiger partial charge in [0, 0.05) is 6.54 Å². The second-order valence-electron chi connectivity index (χ2n) is 3.52. The van der Waals surface area contributed by atoms with Crippen molar-refractivity contribution < 1.29 is 8.42 Å². The van der Waals surface area contributed by atoms with Gasteiger partial charge >= 0.3 is 0 Å². The predicted molar refractivity (Wildman–Crippen MR) is 61.9 cm³/mol. The van der Waals surface area contributed by atoms with Crippen molar-refractivity contribution in [1.29, 1.82) is 0 Å². The molecule has 4 heteroatoms. The minimum Gasteiger partial charge on any atom is -0.212 e. The van der Waals surface area contributed by atoms with Crippen molar-refractivity contribution in [3.63, 3.8) is 0 Å². The molecule has 0 aliphatic heterocycles. The average Bonchev–Trinajstić information content (AvgIpc) is 2.15. The van der Waals surface area contributed by atoms with Crippen molar-refractivity contribution in [2.75, 3.05) is 5.75 Å². The fourth-order valence-corrected chi connectivity index (χ4v) is 2.30. The highest BCUT2D eigenvalue weighted by Crippen LogP contribution is 2.00. The molecular weight excluding hydrogens is 210 g/mol. The lowest BCUT2D eigenvalue weighted by Gasteiger charge is -2.06. The summed E-state index contributed by atoms with van der Waals surface area (Å²) < 4.78 is 25.4. The fraction of sp³-hybridized carbons (Fsp3) is 0.273. The molecule has 15 heavy (non-hydrogen) atoms. The maximum atomic E-state index is 11.4. The van der Waals surface area contributed by atoms with E-state index in [1.54, 1.807) is 6.92 Å². The molecule has 0 saturated carbocycles. The molecule has 0 amide bonds. The second kappa shape index (κ2) is 5.09. The van der Waals surface area contributed by atoms with Crippen LogP contribution in [0.1, 0.15) is 12.5 Å². The van der Waals surface area contributed by atoms with Gasteiger partial charge in [-0.15, -0.1) is 0 Å². The van der Waals surface area contributed by atoms with Gasteiger partial charge in [-0.25, -0.2) is 13.1 Å². The predicted octanol–water partition coefficient (Wildman–Crippen LogP) is 1.68. The van der Waals surface area contributed by atoms with Gasteiger partial charge in [0.05, 0.1) is 5.75 Å². The van der Waals surface area contributed by atoms with Crippen molar-refractivity contribution in [2.24, 2.45) is 0 Å². The third kappa shape index (κ3) is 4.76. The number of rotatable bonds is 5. The van der Waals surface area contributed by atoms with Gasteiger partial charge in [0.15, 0.2) is 0 Å². The van der Waals surface area contributed by atoms with E-state index < -0.39 is 10.0 Å². The molecule has 3 nitrogen and oxygen atoms in total. The van der Waals surface area contributed by atoms with Gasteiger partial charge in [0.1, 0.15) is 0 Å². The van der Waals surface area contributed by atoms with E-state index in [1.165, 1.54) is 0 Å². The van der Waals surface area contributed by atoms with Crippen molar-refractivity contribution in [3.8, 4) is 0 Å². The molecule has 0 spiro atoms. The summed E-state index contributed by atoms with van der Waals surface area (Å²) in [7, 11) is -3.23. The lowest BCUT2D eigenvalue weighted by atomic mass is 10.2. The fourth-order valence-electron chi connectivity index (χ4n) is 1.16. The Morgan fingerprint density at radius 2 is 1.93 bits per heavy atom. The summed E-state index contributed by atoms with van der Waals surface area (Å²) in [6, 6.07) is 9.41. The van der Waals surface area contributed by atoms with E-state index in [2.05, 4.69) is 11.3 Å². The van der Waals surface area contributed by atoms with Crippen LogP contribution in [0.2, 0.25) is 0 Å². The van der Waals surface area contributed by atoms with E-state index in [-0.39, 0.29) is 5.75 Å². The maximum absolute atomic E-state index is 11.4. The minimum absolute atomic E-state index is 0.0141. The van der Waals surface area contributed by atoms with E-state index in [9.17, 15) is 8.42 Å². The Kier molecular flexibility index (Phi) is 4.05. The molecule has 0 saturated heterocycles. The highest BCUT2D eigenvalue weighted by atomic mass is 32.2. The molecule has 1 aromatic carbocycles. The van der Waals surface area contributed by atoms with Crippen LogP contribution in [0.4, 0.5) is 0 Å². The molecule has 0 aromatic heterocycles. The van der Waals surface area contributed by atoms with Crippen LogP contribution >= 0.6 is 0 Å². The molecule has 82 valence electrons. The van der Waals surface area contributed by atoms with Crippen molar-refractivity contribution in [1.82, 2.24) is 4.72 Å². The highest BCUT2D eigenvalue weighted by molar-refractivity contribution is 7.89. The Labute approximate surface area is 90.9 Å². The van der Waals surface area contributed by atoms with E-state index >= 15 is 0 Å². The molecule has 0 aliphatic carbocycles. The normalized spacial score (nSPS) is 11.3. The number of hydrogen-bond donors (Lipinski definition) is 1. The summed E-state index contributed by atoms with van der Waals surface area (Å²) in [5.74, 6) is -0.0141. The summed E-state index contributed by atoms with van der Waals surface area (Å²) in [6.45, 7) is 5.60. The number of hydrogen-bond acceptors (Lipinski definition) is 2. The molecule has 0 radical (unpaired) electrons. The molecule has 0 aliphatic rings. The van der Waals surface area contributed by atoms with E-state index in [0.717, 1.165) is 5.56 Å². The van der Waals surface area contributed by atoms with Crippen LogP contribution in [-0.2, 0) is 16.6 Å². The molecule has 1 N–H and O–H groups in total. The molecule has 0 fully saturated rings. The first-order valence-electron chi connectivity index (χ1n) is 4.65. The van der Waals surface area contributed by atoms with Gasteiger partial charge in [-0.05, 0) is 12.5 Å². The zero-order valence-electron chi connectivity index (χ0n) is 8.73. The van der Waals surface area contributed by atoms with Gasteiger partial charge in [0.2, 0.25) is 10.0 Å². The summed E-state index contributed by atoms with van der Waals surface area (Å²) in [5.41, 5.74) is 1.58. The van der Waals surface area contributed by atoms with Gasteiger partial charge in [0.25, 0.3) is 0 Å². The standard InChI is InChI=1S/C11H15NO2S/c1-10(2)9-15(13,14)12-8-11-6-4-3-5-7-11/h3-7,12H,1,8-9H2,2H3. The summed E-state index contributed by atoms with van der Waals surface area (Å²) >= 11 is 0. The number of nitrogens with one attached hydrogen (secondary N) is 1. The molecule has 0 heterocycles. The minimum atomic E-state index is -3.23. The van der Waals surface area contributed by atoms with Gasteiger partial charge in [-0.3, -0.25) is 0 Å². The first kappa shape index (κ1) is 11.9. The van der Waals surface area contributed by atoms with E-state index in [0.29, 0.717) is 12.1 Å². The Bertz CT molecular complexity index is 423. The highest BCUT2D eigenvalue weighted by Gasteiger charge is 2.09. The lowest BCUT2D eigenvalue weighted by Crippen LogP contribution is -2.26. The summed E-state index contributed by atoms with van der Waals surface area (Å²) in [4.78, 5) is 0. The maximum Gasteiger partial charge on any atom is 0.215 e. The Balaban J connectivity index is 2.54. The number of benzene rings is 1. The largest absolute Gasteiger partial charge is 0.215 e. The molecule has 1 rings (SSSR count). The topological polar surface area (TPSA) is 46.2 Å². The molecule has 0 bridgehead atoms.